The Hall–Kier alpha value is -5.10. The van der Waals surface area contributed by atoms with Crippen molar-refractivity contribution in [2.45, 2.75) is 12.8 Å². The van der Waals surface area contributed by atoms with E-state index >= 15 is 0 Å². The molecular formula is C35H39N7O5. The number of pyridine rings is 2. The van der Waals surface area contributed by atoms with Crippen LogP contribution in [0.5, 0.6) is 11.5 Å². The second-order valence-electron chi connectivity index (χ2n) is 12.1. The zero-order valence-electron chi connectivity index (χ0n) is 27.0. The van der Waals surface area contributed by atoms with Gasteiger partial charge in [-0.3, -0.25) is 18.8 Å². The Labute approximate surface area is 272 Å². The van der Waals surface area contributed by atoms with Crippen molar-refractivity contribution < 1.29 is 19.1 Å². The third-order valence-electron chi connectivity index (χ3n) is 9.44. The number of hydrogen-bond donors (Lipinski definition) is 1. The van der Waals surface area contributed by atoms with Crippen molar-refractivity contribution in [2.75, 3.05) is 71.5 Å². The number of likely N-dealkylation sites (tertiary alicyclic amines) is 1. The van der Waals surface area contributed by atoms with Gasteiger partial charge in [-0.25, -0.2) is 4.98 Å². The molecule has 2 fully saturated rings. The minimum Gasteiger partial charge on any atom is -0.493 e. The summed E-state index contributed by atoms with van der Waals surface area (Å²) in [5.41, 5.74) is 3.07. The number of nitrogens with zero attached hydrogens (tertiary/aromatic N) is 6. The number of carbonyl (C=O) groups is 2. The van der Waals surface area contributed by atoms with Gasteiger partial charge in [0.25, 0.3) is 11.8 Å². The number of nitrogens with one attached hydrogen (secondary N) is 1. The van der Waals surface area contributed by atoms with E-state index in [2.05, 4.69) is 15.1 Å². The Morgan fingerprint density at radius 1 is 0.872 bits per heavy atom. The first-order valence-corrected chi connectivity index (χ1v) is 16.1. The van der Waals surface area contributed by atoms with E-state index in [-0.39, 0.29) is 22.8 Å². The van der Waals surface area contributed by atoms with Gasteiger partial charge >= 0.3 is 0 Å². The lowest BCUT2D eigenvalue weighted by molar-refractivity contribution is 0.0745. The molecule has 2 aliphatic heterocycles. The third-order valence-corrected chi connectivity index (χ3v) is 9.44. The van der Waals surface area contributed by atoms with Gasteiger partial charge in [-0.1, -0.05) is 12.1 Å². The fourth-order valence-corrected chi connectivity index (χ4v) is 6.92. The lowest BCUT2D eigenvalue weighted by Gasteiger charge is -2.35. The molecule has 2 aliphatic rings. The standard InChI is InChI=1S/C35H39N7O5/c1-38-25-8-4-5-9-26(25)42-32-24(31(43)30(34(38)42)33(44)36-14-17-39-15-6-7-16-39)11-13-29(37-32)40-18-20-41(21-19-40)35(45)23-10-12-27(46-2)28(22-23)47-3/h4-5,8-13,22H,6-7,14-21H2,1-3H3,(H,36,44). The molecule has 2 amide bonds. The molecule has 3 aromatic heterocycles. The number of aryl methyl sites for hydroxylation is 1. The summed E-state index contributed by atoms with van der Waals surface area (Å²) >= 11 is 0. The molecule has 0 aliphatic carbocycles. The first kappa shape index (κ1) is 30.5. The van der Waals surface area contributed by atoms with E-state index < -0.39 is 0 Å². The molecule has 0 atom stereocenters. The Morgan fingerprint density at radius 3 is 2.32 bits per heavy atom. The van der Waals surface area contributed by atoms with Crippen molar-refractivity contribution in [3.63, 3.8) is 0 Å². The molecule has 2 aromatic carbocycles. The molecule has 0 radical (unpaired) electrons. The fraction of sp³-hybridized carbons (Fsp3) is 0.371. The van der Waals surface area contributed by atoms with E-state index in [0.717, 1.165) is 30.7 Å². The monoisotopic (exact) mass is 637 g/mol. The quantitative estimate of drug-likeness (QED) is 0.276. The Morgan fingerprint density at radius 2 is 1.60 bits per heavy atom. The van der Waals surface area contributed by atoms with E-state index in [0.29, 0.717) is 72.3 Å². The largest absolute Gasteiger partial charge is 0.493 e. The van der Waals surface area contributed by atoms with Crippen LogP contribution in [0.3, 0.4) is 0 Å². The Kier molecular flexibility index (Phi) is 8.19. The van der Waals surface area contributed by atoms with Gasteiger partial charge in [0.15, 0.2) is 17.1 Å². The third kappa shape index (κ3) is 5.42. The zero-order chi connectivity index (χ0) is 32.7. The maximum Gasteiger partial charge on any atom is 0.259 e. The molecule has 2 saturated heterocycles. The van der Waals surface area contributed by atoms with Crippen molar-refractivity contribution in [2.24, 2.45) is 7.05 Å². The number of methoxy groups -OCH3 is 2. The van der Waals surface area contributed by atoms with Gasteiger partial charge in [0.05, 0.1) is 30.6 Å². The highest BCUT2D eigenvalue weighted by molar-refractivity contribution is 6.06. The summed E-state index contributed by atoms with van der Waals surface area (Å²) < 4.78 is 14.5. The molecule has 7 rings (SSSR count). The van der Waals surface area contributed by atoms with Crippen molar-refractivity contribution >= 4 is 45.3 Å². The summed E-state index contributed by atoms with van der Waals surface area (Å²) in [7, 11) is 4.99. The Bertz CT molecular complexity index is 2060. The SMILES string of the molecule is COc1ccc(C(=O)N2CCN(c3ccc4c(=O)c(C(=O)NCCN5CCCC5)c5n(C)c6ccccc6n5c4n3)CC2)cc1OC. The molecule has 0 saturated carbocycles. The highest BCUT2D eigenvalue weighted by Gasteiger charge is 2.27. The fourth-order valence-electron chi connectivity index (χ4n) is 6.92. The second-order valence-corrected chi connectivity index (χ2v) is 12.1. The number of aromatic nitrogens is 3. The highest BCUT2D eigenvalue weighted by atomic mass is 16.5. The molecule has 47 heavy (non-hydrogen) atoms. The van der Waals surface area contributed by atoms with Gasteiger partial charge in [0.2, 0.25) is 5.43 Å². The van der Waals surface area contributed by atoms with Crippen LogP contribution in [0.25, 0.3) is 27.7 Å². The summed E-state index contributed by atoms with van der Waals surface area (Å²) in [5.74, 6) is 1.34. The van der Waals surface area contributed by atoms with E-state index in [1.165, 1.54) is 12.8 Å². The number of carbonyl (C=O) groups excluding carboxylic acids is 2. The number of piperazine rings is 1. The number of imidazole rings is 1. The molecule has 12 heteroatoms. The van der Waals surface area contributed by atoms with E-state index in [4.69, 9.17) is 14.5 Å². The lowest BCUT2D eigenvalue weighted by Crippen LogP contribution is -2.49. The molecule has 0 unspecified atom stereocenters. The topological polar surface area (TPSA) is 114 Å². The van der Waals surface area contributed by atoms with E-state index in [1.54, 1.807) is 38.5 Å². The van der Waals surface area contributed by atoms with Crippen LogP contribution < -0.4 is 25.1 Å². The van der Waals surface area contributed by atoms with Crippen molar-refractivity contribution in [1.29, 1.82) is 0 Å². The van der Waals surface area contributed by atoms with Gasteiger partial charge in [-0.15, -0.1) is 0 Å². The number of amides is 2. The van der Waals surface area contributed by atoms with E-state index in [9.17, 15) is 14.4 Å². The van der Waals surface area contributed by atoms with Crippen LogP contribution >= 0.6 is 0 Å². The summed E-state index contributed by atoms with van der Waals surface area (Å²) in [5, 5.41) is 3.40. The zero-order valence-corrected chi connectivity index (χ0v) is 27.0. The van der Waals surface area contributed by atoms with E-state index in [1.807, 2.05) is 51.2 Å². The number of rotatable bonds is 8. The minimum absolute atomic E-state index is 0.0766. The van der Waals surface area contributed by atoms with Crippen LogP contribution in [-0.4, -0.2) is 102 Å². The summed E-state index contributed by atoms with van der Waals surface area (Å²) in [6.07, 6.45) is 2.36. The highest BCUT2D eigenvalue weighted by Crippen LogP contribution is 2.29. The van der Waals surface area contributed by atoms with Crippen molar-refractivity contribution in [3.8, 4) is 11.5 Å². The number of ether oxygens (including phenoxy) is 2. The first-order chi connectivity index (χ1) is 22.9. The van der Waals surface area contributed by atoms with Gasteiger partial charge in [-0.2, -0.15) is 0 Å². The predicted molar refractivity (Wildman–Crippen MR) is 181 cm³/mol. The molecular weight excluding hydrogens is 598 g/mol. The molecule has 244 valence electrons. The summed E-state index contributed by atoms with van der Waals surface area (Å²) in [4.78, 5) is 52.4. The van der Waals surface area contributed by atoms with Crippen LogP contribution in [-0.2, 0) is 7.05 Å². The van der Waals surface area contributed by atoms with Crippen molar-refractivity contribution in [1.82, 2.24) is 29.1 Å². The maximum atomic E-state index is 14.0. The van der Waals surface area contributed by atoms with Crippen LogP contribution in [0.15, 0.2) is 59.4 Å². The molecule has 12 nitrogen and oxygen atoms in total. The smallest absolute Gasteiger partial charge is 0.259 e. The summed E-state index contributed by atoms with van der Waals surface area (Å²) in [6, 6.07) is 16.6. The number of anilines is 1. The van der Waals surface area contributed by atoms with Gasteiger partial charge < -0.3 is 34.1 Å². The van der Waals surface area contributed by atoms with Crippen LogP contribution in [0.1, 0.15) is 33.6 Å². The summed E-state index contributed by atoms with van der Waals surface area (Å²) in [6.45, 7) is 5.48. The molecule has 5 heterocycles. The Balaban J connectivity index is 1.19. The second kappa shape index (κ2) is 12.6. The molecule has 5 aromatic rings. The normalized spacial score (nSPS) is 15.6. The molecule has 1 N–H and O–H groups in total. The average molecular weight is 638 g/mol. The van der Waals surface area contributed by atoms with Crippen LogP contribution in [0.4, 0.5) is 5.82 Å². The van der Waals surface area contributed by atoms with Gasteiger partial charge in [0.1, 0.15) is 17.0 Å². The lowest BCUT2D eigenvalue weighted by atomic mass is 10.1. The number of para-hydroxylation sites is 2. The molecule has 0 spiro atoms. The van der Waals surface area contributed by atoms with Crippen LogP contribution in [0.2, 0.25) is 0 Å². The average Bonchev–Trinajstić information content (AvgIpc) is 3.74. The maximum absolute atomic E-state index is 14.0. The number of fused-ring (bicyclic) bond motifs is 5. The minimum atomic E-state index is -0.376. The predicted octanol–water partition coefficient (Wildman–Crippen LogP) is 3.14. The number of benzene rings is 2. The van der Waals surface area contributed by atoms with Gasteiger partial charge in [-0.05, 0) is 68.4 Å². The molecule has 0 bridgehead atoms. The van der Waals surface area contributed by atoms with Crippen LogP contribution in [0, 0.1) is 0 Å². The van der Waals surface area contributed by atoms with Gasteiger partial charge in [0, 0.05) is 51.9 Å². The first-order valence-electron chi connectivity index (χ1n) is 16.1. The number of hydrogen-bond acceptors (Lipinski definition) is 8. The van der Waals surface area contributed by atoms with Crippen molar-refractivity contribution in [3.05, 3.63) is 75.9 Å².